The van der Waals surface area contributed by atoms with Crippen LogP contribution in [0.4, 0.5) is 14.5 Å². The molecular weight excluding hydrogens is 240 g/mol. The maximum atomic E-state index is 13.0. The fourth-order valence-electron chi connectivity index (χ4n) is 1.63. The van der Waals surface area contributed by atoms with Crippen molar-refractivity contribution in [3.63, 3.8) is 0 Å². The summed E-state index contributed by atoms with van der Waals surface area (Å²) in [7, 11) is 0. The van der Waals surface area contributed by atoms with Crippen LogP contribution in [-0.2, 0) is 0 Å². The first-order valence-corrected chi connectivity index (χ1v) is 5.31. The molecule has 0 saturated carbocycles. The average molecular weight is 251 g/mol. The van der Waals surface area contributed by atoms with Crippen LogP contribution in [0.25, 0.3) is 0 Å². The van der Waals surface area contributed by atoms with Crippen molar-refractivity contribution in [3.8, 4) is 0 Å². The first kappa shape index (κ1) is 12.3. The third kappa shape index (κ3) is 2.40. The van der Waals surface area contributed by atoms with Gasteiger partial charge in [-0.05, 0) is 32.0 Å². The SMILES string of the molecule is Cc1cc(C(=O)Nc2ccc(F)c(F)c2)c(C)o1. The van der Waals surface area contributed by atoms with Crippen molar-refractivity contribution in [1.82, 2.24) is 0 Å². The molecule has 0 aliphatic carbocycles. The minimum atomic E-state index is -1.01. The maximum Gasteiger partial charge on any atom is 0.259 e. The quantitative estimate of drug-likeness (QED) is 0.888. The van der Waals surface area contributed by atoms with Gasteiger partial charge < -0.3 is 9.73 Å². The third-order valence-corrected chi connectivity index (χ3v) is 2.46. The van der Waals surface area contributed by atoms with E-state index >= 15 is 0 Å². The van der Waals surface area contributed by atoms with Gasteiger partial charge in [-0.15, -0.1) is 0 Å². The summed E-state index contributed by atoms with van der Waals surface area (Å²) >= 11 is 0. The maximum absolute atomic E-state index is 13.0. The molecule has 0 fully saturated rings. The number of hydrogen-bond donors (Lipinski definition) is 1. The van der Waals surface area contributed by atoms with Crippen molar-refractivity contribution in [1.29, 1.82) is 0 Å². The molecule has 2 rings (SSSR count). The van der Waals surface area contributed by atoms with Crippen molar-refractivity contribution in [3.05, 3.63) is 53.0 Å². The molecule has 0 aliphatic heterocycles. The van der Waals surface area contributed by atoms with Crippen molar-refractivity contribution < 1.29 is 18.0 Å². The number of halogens is 2. The highest BCUT2D eigenvalue weighted by atomic mass is 19.2. The lowest BCUT2D eigenvalue weighted by Gasteiger charge is -2.04. The Morgan fingerprint density at radius 2 is 1.89 bits per heavy atom. The largest absolute Gasteiger partial charge is 0.466 e. The highest BCUT2D eigenvalue weighted by molar-refractivity contribution is 6.05. The summed E-state index contributed by atoms with van der Waals surface area (Å²) in [6.07, 6.45) is 0. The summed E-state index contributed by atoms with van der Waals surface area (Å²) in [6.45, 7) is 3.38. The number of benzene rings is 1. The van der Waals surface area contributed by atoms with Gasteiger partial charge in [0, 0.05) is 11.8 Å². The molecule has 0 unspecified atom stereocenters. The van der Waals surface area contributed by atoms with E-state index in [-0.39, 0.29) is 5.69 Å². The van der Waals surface area contributed by atoms with Crippen molar-refractivity contribution in [2.75, 3.05) is 5.32 Å². The van der Waals surface area contributed by atoms with Gasteiger partial charge in [-0.1, -0.05) is 0 Å². The number of hydrogen-bond acceptors (Lipinski definition) is 2. The van der Waals surface area contributed by atoms with Gasteiger partial charge in [-0.25, -0.2) is 8.78 Å². The van der Waals surface area contributed by atoms with E-state index < -0.39 is 17.5 Å². The Labute approximate surface area is 102 Å². The number of furan rings is 1. The summed E-state index contributed by atoms with van der Waals surface area (Å²) < 4.78 is 30.9. The molecular formula is C13H11F2NO2. The lowest BCUT2D eigenvalue weighted by atomic mass is 10.2. The Kier molecular flexibility index (Phi) is 3.14. The molecule has 1 aromatic carbocycles. The molecule has 0 spiro atoms. The van der Waals surface area contributed by atoms with Crippen LogP contribution in [0.5, 0.6) is 0 Å². The topological polar surface area (TPSA) is 42.2 Å². The highest BCUT2D eigenvalue weighted by Gasteiger charge is 2.14. The van der Waals surface area contributed by atoms with Gasteiger partial charge in [-0.2, -0.15) is 0 Å². The summed E-state index contributed by atoms with van der Waals surface area (Å²) in [5.41, 5.74) is 0.564. The number of aryl methyl sites for hydroxylation is 2. The van der Waals surface area contributed by atoms with Crippen molar-refractivity contribution >= 4 is 11.6 Å². The van der Waals surface area contributed by atoms with Crippen molar-refractivity contribution in [2.24, 2.45) is 0 Å². The molecule has 1 amide bonds. The van der Waals surface area contributed by atoms with Gasteiger partial charge in [0.05, 0.1) is 5.56 Å². The fraction of sp³-hybridized carbons (Fsp3) is 0.154. The van der Waals surface area contributed by atoms with Crippen LogP contribution in [0.1, 0.15) is 21.9 Å². The van der Waals surface area contributed by atoms with Crippen LogP contribution in [0.15, 0.2) is 28.7 Å². The summed E-state index contributed by atoms with van der Waals surface area (Å²) in [5.74, 6) is -1.29. The van der Waals surface area contributed by atoms with E-state index in [2.05, 4.69) is 5.32 Å². The zero-order valence-electron chi connectivity index (χ0n) is 9.88. The Morgan fingerprint density at radius 1 is 1.17 bits per heavy atom. The second kappa shape index (κ2) is 4.60. The number of carbonyl (C=O) groups is 1. The molecule has 1 N–H and O–H groups in total. The molecule has 1 heterocycles. The van der Waals surface area contributed by atoms with Crippen LogP contribution < -0.4 is 5.32 Å². The fourth-order valence-corrected chi connectivity index (χ4v) is 1.63. The summed E-state index contributed by atoms with van der Waals surface area (Å²) in [5, 5.41) is 2.47. The number of amides is 1. The minimum Gasteiger partial charge on any atom is -0.466 e. The average Bonchev–Trinajstić information content (AvgIpc) is 2.63. The molecule has 3 nitrogen and oxygen atoms in total. The number of nitrogens with one attached hydrogen (secondary N) is 1. The van der Waals surface area contributed by atoms with E-state index in [1.54, 1.807) is 19.9 Å². The van der Waals surface area contributed by atoms with Gasteiger partial charge in [0.1, 0.15) is 11.5 Å². The number of anilines is 1. The smallest absolute Gasteiger partial charge is 0.259 e. The van der Waals surface area contributed by atoms with E-state index in [0.29, 0.717) is 17.1 Å². The van der Waals surface area contributed by atoms with E-state index in [1.165, 1.54) is 6.07 Å². The zero-order valence-corrected chi connectivity index (χ0v) is 9.88. The molecule has 18 heavy (non-hydrogen) atoms. The van der Waals surface area contributed by atoms with Gasteiger partial charge in [0.15, 0.2) is 11.6 Å². The Bertz CT molecular complexity index is 605. The monoisotopic (exact) mass is 251 g/mol. The van der Waals surface area contributed by atoms with E-state index in [1.807, 2.05) is 0 Å². The molecule has 94 valence electrons. The Hall–Kier alpha value is -2.17. The molecule has 5 heteroatoms. The van der Waals surface area contributed by atoms with E-state index in [9.17, 15) is 13.6 Å². The van der Waals surface area contributed by atoms with Gasteiger partial charge in [0.25, 0.3) is 5.91 Å². The van der Waals surface area contributed by atoms with Gasteiger partial charge in [0.2, 0.25) is 0 Å². The normalized spacial score (nSPS) is 10.4. The lowest BCUT2D eigenvalue weighted by Crippen LogP contribution is -2.12. The van der Waals surface area contributed by atoms with Crippen LogP contribution in [0, 0.1) is 25.5 Å². The van der Waals surface area contributed by atoms with Crippen LogP contribution >= 0.6 is 0 Å². The second-order valence-electron chi connectivity index (χ2n) is 3.91. The predicted octanol–water partition coefficient (Wildman–Crippen LogP) is 3.43. The standard InChI is InChI=1S/C13H11F2NO2/c1-7-5-10(8(2)18-7)13(17)16-9-3-4-11(14)12(15)6-9/h3-6H,1-2H3,(H,16,17). The Morgan fingerprint density at radius 3 is 2.44 bits per heavy atom. The molecule has 0 aliphatic rings. The summed E-state index contributed by atoms with van der Waals surface area (Å²) in [4.78, 5) is 11.9. The highest BCUT2D eigenvalue weighted by Crippen LogP contribution is 2.17. The minimum absolute atomic E-state index is 0.192. The van der Waals surface area contributed by atoms with Crippen LogP contribution in [-0.4, -0.2) is 5.91 Å². The first-order valence-electron chi connectivity index (χ1n) is 5.31. The zero-order chi connectivity index (χ0) is 13.3. The van der Waals surface area contributed by atoms with Crippen LogP contribution in [0.3, 0.4) is 0 Å². The first-order chi connectivity index (χ1) is 8.47. The predicted molar refractivity (Wildman–Crippen MR) is 62.5 cm³/mol. The summed E-state index contributed by atoms with van der Waals surface area (Å²) in [6, 6.07) is 4.76. The van der Waals surface area contributed by atoms with E-state index in [0.717, 1.165) is 12.1 Å². The molecule has 0 bridgehead atoms. The van der Waals surface area contributed by atoms with Crippen LogP contribution in [0.2, 0.25) is 0 Å². The molecule has 0 saturated heterocycles. The second-order valence-corrected chi connectivity index (χ2v) is 3.91. The molecule has 2 aromatic rings. The van der Waals surface area contributed by atoms with Gasteiger partial charge in [-0.3, -0.25) is 4.79 Å². The molecule has 1 aromatic heterocycles. The molecule has 0 atom stereocenters. The number of rotatable bonds is 2. The van der Waals surface area contributed by atoms with E-state index in [4.69, 9.17) is 4.42 Å². The van der Waals surface area contributed by atoms with Crippen molar-refractivity contribution in [2.45, 2.75) is 13.8 Å². The molecule has 0 radical (unpaired) electrons. The Balaban J connectivity index is 2.21. The van der Waals surface area contributed by atoms with Gasteiger partial charge >= 0.3 is 0 Å². The third-order valence-electron chi connectivity index (χ3n) is 2.46. The lowest BCUT2D eigenvalue weighted by molar-refractivity contribution is 0.102. The number of carbonyl (C=O) groups excluding carboxylic acids is 1.